The number of hydrogen-bond donors (Lipinski definition) is 1. The van der Waals surface area contributed by atoms with Gasteiger partial charge in [0, 0.05) is 24.2 Å². The van der Waals surface area contributed by atoms with Crippen molar-refractivity contribution in [3.05, 3.63) is 76.6 Å². The third-order valence-corrected chi connectivity index (χ3v) is 11.8. The summed E-state index contributed by atoms with van der Waals surface area (Å²) in [6, 6.07) is 13.9. The fourth-order valence-corrected chi connectivity index (χ4v) is 8.45. The van der Waals surface area contributed by atoms with Crippen LogP contribution in [0, 0.1) is 5.82 Å². The van der Waals surface area contributed by atoms with Crippen LogP contribution in [0.15, 0.2) is 59.5 Å². The van der Waals surface area contributed by atoms with Crippen LogP contribution < -0.4 is 19.1 Å². The van der Waals surface area contributed by atoms with Crippen molar-refractivity contribution in [3.8, 4) is 11.5 Å². The Labute approximate surface area is 267 Å². The number of hydrogen-bond acceptors (Lipinski definition) is 7. The van der Waals surface area contributed by atoms with Crippen LogP contribution in [0.2, 0.25) is 5.02 Å². The lowest BCUT2D eigenvalue weighted by Gasteiger charge is -2.37. The third-order valence-electron chi connectivity index (χ3n) is 8.82. The highest BCUT2D eigenvalue weighted by molar-refractivity contribution is 7.92. The van der Waals surface area contributed by atoms with Gasteiger partial charge in [0.05, 0.1) is 36.7 Å². The minimum Gasteiger partial charge on any atom is -0.497 e. The van der Waals surface area contributed by atoms with E-state index in [4.69, 9.17) is 21.1 Å². The van der Waals surface area contributed by atoms with Crippen LogP contribution >= 0.6 is 11.6 Å². The van der Waals surface area contributed by atoms with Crippen LogP contribution in [-0.4, -0.2) is 59.6 Å². The van der Waals surface area contributed by atoms with Gasteiger partial charge >= 0.3 is 0 Å². The van der Waals surface area contributed by atoms with Crippen molar-refractivity contribution in [2.45, 2.75) is 55.1 Å². The number of anilines is 2. The molecular formula is C31H33ClFN3O7S2. The normalized spacial score (nSPS) is 18.5. The number of carbonyl (C=O) groups is 1. The summed E-state index contributed by atoms with van der Waals surface area (Å²) in [5.41, 5.74) is 1.35. The molecule has 10 nitrogen and oxygen atoms in total. The minimum atomic E-state index is -4.38. The van der Waals surface area contributed by atoms with Gasteiger partial charge < -0.3 is 14.4 Å². The Morgan fingerprint density at radius 2 is 1.71 bits per heavy atom. The maximum atomic E-state index is 14.7. The first-order chi connectivity index (χ1) is 21.3. The number of sulfonamides is 2. The van der Waals surface area contributed by atoms with Crippen LogP contribution in [0.1, 0.15) is 43.2 Å². The smallest absolute Gasteiger partial charge is 0.264 e. The number of nitrogens with one attached hydrogen (secondary N) is 1. The summed E-state index contributed by atoms with van der Waals surface area (Å²) in [6.45, 7) is 0.792. The predicted octanol–water partition coefficient (Wildman–Crippen LogP) is 5.06. The second-order valence-corrected chi connectivity index (χ2v) is 15.8. The van der Waals surface area contributed by atoms with E-state index in [1.807, 2.05) is 24.3 Å². The maximum absolute atomic E-state index is 14.7. The van der Waals surface area contributed by atoms with E-state index >= 15 is 0 Å². The molecule has 1 aliphatic carbocycles. The van der Waals surface area contributed by atoms with Gasteiger partial charge in [0.25, 0.3) is 10.0 Å². The number of piperidine rings is 1. The number of carbonyl (C=O) groups excluding carboxylic acids is 1. The molecule has 0 radical (unpaired) electrons. The molecule has 3 aromatic rings. The molecule has 0 atom stereocenters. The van der Waals surface area contributed by atoms with Gasteiger partial charge in [0.15, 0.2) is 0 Å². The summed E-state index contributed by atoms with van der Waals surface area (Å²) < 4.78 is 81.2. The van der Waals surface area contributed by atoms with Crippen molar-refractivity contribution in [1.82, 2.24) is 4.31 Å². The van der Waals surface area contributed by atoms with Crippen LogP contribution in [0.5, 0.6) is 11.5 Å². The highest BCUT2D eigenvalue weighted by Gasteiger charge is 2.55. The van der Waals surface area contributed by atoms with E-state index in [2.05, 4.69) is 4.72 Å². The number of fused-ring (bicyclic) bond motifs is 2. The molecule has 0 unspecified atom stereocenters. The largest absolute Gasteiger partial charge is 0.497 e. The van der Waals surface area contributed by atoms with Crippen molar-refractivity contribution in [1.29, 1.82) is 0 Å². The number of halogens is 2. The topological polar surface area (TPSA) is 122 Å². The summed E-state index contributed by atoms with van der Waals surface area (Å²) in [7, 11) is -6.16. The van der Waals surface area contributed by atoms with E-state index in [1.165, 1.54) is 22.7 Å². The Bertz CT molecular complexity index is 1860. The quantitative estimate of drug-likeness (QED) is 0.336. The van der Waals surface area contributed by atoms with Gasteiger partial charge in [0.2, 0.25) is 15.9 Å². The van der Waals surface area contributed by atoms with Gasteiger partial charge in [-0.15, -0.1) is 0 Å². The Balaban J connectivity index is 1.41. The van der Waals surface area contributed by atoms with E-state index in [-0.39, 0.29) is 42.4 Å². The summed E-state index contributed by atoms with van der Waals surface area (Å²) in [5, 5.41) is 0.0592. The molecule has 1 N–H and O–H groups in total. The second-order valence-electron chi connectivity index (χ2n) is 11.7. The lowest BCUT2D eigenvalue weighted by molar-refractivity contribution is -0.126. The number of nitrogens with zero attached hydrogens (tertiary/aromatic N) is 2. The number of methoxy groups -OCH3 is 1. The van der Waals surface area contributed by atoms with Crippen LogP contribution in [0.25, 0.3) is 0 Å². The van der Waals surface area contributed by atoms with Gasteiger partial charge in [-0.2, -0.15) is 0 Å². The van der Waals surface area contributed by atoms with E-state index in [0.717, 1.165) is 24.1 Å². The highest BCUT2D eigenvalue weighted by Crippen LogP contribution is 2.57. The molecule has 6 rings (SSSR count). The summed E-state index contributed by atoms with van der Waals surface area (Å²) in [5.74, 6) is -0.118. The van der Waals surface area contributed by atoms with Crippen molar-refractivity contribution >= 4 is 48.9 Å². The average molecular weight is 678 g/mol. The number of amides is 1. The van der Waals surface area contributed by atoms with Crippen LogP contribution in [-0.2, 0) is 36.8 Å². The highest BCUT2D eigenvalue weighted by atomic mass is 35.5. The van der Waals surface area contributed by atoms with Crippen molar-refractivity contribution in [2.75, 3.05) is 36.1 Å². The molecule has 240 valence electrons. The maximum Gasteiger partial charge on any atom is 0.264 e. The molecule has 1 amide bonds. The molecule has 14 heteroatoms. The first kappa shape index (κ1) is 31.6. The molecular weight excluding hydrogens is 645 g/mol. The molecule has 1 saturated heterocycles. The molecule has 0 aromatic heterocycles. The summed E-state index contributed by atoms with van der Waals surface area (Å²) in [4.78, 5) is 15.3. The van der Waals surface area contributed by atoms with Crippen LogP contribution in [0.3, 0.4) is 0 Å². The van der Waals surface area contributed by atoms with Gasteiger partial charge in [-0.3, -0.25) is 9.52 Å². The molecule has 2 heterocycles. The Morgan fingerprint density at radius 3 is 2.29 bits per heavy atom. The van der Waals surface area contributed by atoms with Crippen molar-refractivity contribution in [2.24, 2.45) is 0 Å². The average Bonchev–Trinajstić information content (AvgIpc) is 3.20. The summed E-state index contributed by atoms with van der Waals surface area (Å²) in [6.07, 6.45) is 3.60. The van der Waals surface area contributed by atoms with Gasteiger partial charge in [0.1, 0.15) is 28.3 Å². The fourth-order valence-electron chi connectivity index (χ4n) is 6.32. The minimum absolute atomic E-state index is 0.0592. The van der Waals surface area contributed by atoms with E-state index in [9.17, 15) is 26.0 Å². The fraction of sp³-hybridized carbons (Fsp3) is 0.387. The lowest BCUT2D eigenvalue weighted by Crippen LogP contribution is -2.44. The molecule has 1 saturated carbocycles. The third kappa shape index (κ3) is 5.98. The molecule has 1 spiro atoms. The molecule has 45 heavy (non-hydrogen) atoms. The molecule has 3 aromatic carbocycles. The number of benzene rings is 3. The number of rotatable bonds is 9. The predicted molar refractivity (Wildman–Crippen MR) is 168 cm³/mol. The number of ether oxygens (including phenoxy) is 2. The Kier molecular flexibility index (Phi) is 8.25. The van der Waals surface area contributed by atoms with Gasteiger partial charge in [-0.1, -0.05) is 30.2 Å². The molecule has 3 aliphatic rings. The van der Waals surface area contributed by atoms with Crippen LogP contribution in [0.4, 0.5) is 15.8 Å². The first-order valence-corrected chi connectivity index (χ1v) is 18.2. The second kappa shape index (κ2) is 11.8. The zero-order valence-electron chi connectivity index (χ0n) is 24.8. The van der Waals surface area contributed by atoms with Crippen molar-refractivity contribution < 1.29 is 35.5 Å². The summed E-state index contributed by atoms with van der Waals surface area (Å²) >= 11 is 5.84. The zero-order valence-corrected chi connectivity index (χ0v) is 27.1. The van der Waals surface area contributed by atoms with E-state index < -0.39 is 36.2 Å². The Hall–Kier alpha value is -3.39. The lowest BCUT2D eigenvalue weighted by atomic mass is 9.65. The molecule has 0 bridgehead atoms. The SMILES string of the molecule is COc1ccc(CN2C(=O)C3(CCC3)c3cc(NS(=O)(=O)c4ccc(Cl)cc4F)cc(OC4CCN(S(C)(=O)=O)CC4)c32)cc1. The first-order valence-electron chi connectivity index (χ1n) is 14.5. The zero-order chi connectivity index (χ0) is 32.1. The van der Waals surface area contributed by atoms with Crippen molar-refractivity contribution in [3.63, 3.8) is 0 Å². The van der Waals surface area contributed by atoms with Gasteiger partial charge in [-0.05, 0) is 73.2 Å². The van der Waals surface area contributed by atoms with E-state index in [1.54, 1.807) is 18.1 Å². The Morgan fingerprint density at radius 1 is 1.02 bits per heavy atom. The molecule has 2 fully saturated rings. The van der Waals surface area contributed by atoms with E-state index in [0.29, 0.717) is 48.4 Å². The monoisotopic (exact) mass is 677 g/mol. The standard InChI is InChI=1S/C31H33ClFN3O7S2/c1-42-23-7-4-20(5-8-23)19-36-29-25(31(30(36)37)12-3-13-31)17-22(34-45(40,41)28-9-6-21(32)16-26(28)33)18-27(29)43-24-10-14-35(15-11-24)44(2,38)39/h4-9,16-18,24,34H,3,10-15,19H2,1-2H3. The van der Waals surface area contributed by atoms with Gasteiger partial charge in [-0.25, -0.2) is 25.5 Å². The molecule has 2 aliphatic heterocycles.